The van der Waals surface area contributed by atoms with Crippen molar-refractivity contribution >= 4 is 16.1 Å². The number of amides is 2. The maximum Gasteiger partial charge on any atom is 0.317 e. The van der Waals surface area contributed by atoms with Crippen molar-refractivity contribution in [1.82, 2.24) is 15.1 Å². The quantitative estimate of drug-likeness (QED) is 0.431. The van der Waals surface area contributed by atoms with Gasteiger partial charge in [0.2, 0.25) is 0 Å². The third-order valence-electron chi connectivity index (χ3n) is 7.15. The van der Waals surface area contributed by atoms with Crippen LogP contribution in [-0.4, -0.2) is 103 Å². The molecule has 0 aromatic heterocycles. The summed E-state index contributed by atoms with van der Waals surface area (Å²) in [6.07, 6.45) is 3.36. The van der Waals surface area contributed by atoms with Gasteiger partial charge in [0.15, 0.2) is 23.0 Å². The Bertz CT molecular complexity index is 1240. The number of rotatable bonds is 9. The SMILES string of the molecule is COc1cc2c(cc1OC)CCN(C(=O)NCCN(C)C[C@H]1Cc3cc(OC)c(OC)cc31)CC2.CS(=O)(=O)O. The number of nitrogens with one attached hydrogen (secondary N) is 1. The van der Waals surface area contributed by atoms with Crippen LogP contribution in [0.4, 0.5) is 4.79 Å². The zero-order chi connectivity index (χ0) is 29.4. The molecule has 1 atom stereocenters. The summed E-state index contributed by atoms with van der Waals surface area (Å²) in [6, 6.07) is 8.25. The molecule has 0 spiro atoms. The lowest BCUT2D eigenvalue weighted by Gasteiger charge is -2.34. The van der Waals surface area contributed by atoms with Crippen LogP contribution in [0.15, 0.2) is 24.3 Å². The van der Waals surface area contributed by atoms with Crippen LogP contribution in [0.3, 0.4) is 0 Å². The first-order valence-electron chi connectivity index (χ1n) is 13.1. The van der Waals surface area contributed by atoms with E-state index in [4.69, 9.17) is 23.5 Å². The van der Waals surface area contributed by atoms with Crippen LogP contribution in [-0.2, 0) is 29.4 Å². The number of methoxy groups -OCH3 is 4. The van der Waals surface area contributed by atoms with E-state index in [0.717, 1.165) is 55.4 Å². The molecule has 11 nitrogen and oxygen atoms in total. The van der Waals surface area contributed by atoms with Crippen molar-refractivity contribution in [2.24, 2.45) is 0 Å². The summed E-state index contributed by atoms with van der Waals surface area (Å²) >= 11 is 0. The van der Waals surface area contributed by atoms with Gasteiger partial charge in [-0.15, -0.1) is 0 Å². The second kappa shape index (κ2) is 13.9. The molecule has 4 rings (SSSR count). The number of ether oxygens (including phenoxy) is 4. The summed E-state index contributed by atoms with van der Waals surface area (Å²) in [7, 11) is 5.07. The van der Waals surface area contributed by atoms with E-state index in [1.165, 1.54) is 22.3 Å². The Labute approximate surface area is 237 Å². The lowest BCUT2D eigenvalue weighted by atomic mass is 9.77. The highest BCUT2D eigenvalue weighted by Gasteiger charge is 2.29. The van der Waals surface area contributed by atoms with Crippen LogP contribution in [0.2, 0.25) is 0 Å². The molecule has 0 unspecified atom stereocenters. The van der Waals surface area contributed by atoms with Gasteiger partial charge in [-0.25, -0.2) is 4.79 Å². The van der Waals surface area contributed by atoms with Crippen LogP contribution in [0, 0.1) is 0 Å². The summed E-state index contributed by atoms with van der Waals surface area (Å²) < 4.78 is 47.6. The van der Waals surface area contributed by atoms with Gasteiger partial charge in [-0.05, 0) is 72.8 Å². The second-order valence-electron chi connectivity index (χ2n) is 10.00. The number of hydrogen-bond donors (Lipinski definition) is 2. The highest BCUT2D eigenvalue weighted by atomic mass is 32.2. The highest BCUT2D eigenvalue weighted by molar-refractivity contribution is 7.85. The Hall–Kier alpha value is -3.22. The van der Waals surface area contributed by atoms with E-state index in [-0.39, 0.29) is 6.03 Å². The summed E-state index contributed by atoms with van der Waals surface area (Å²) in [5.41, 5.74) is 5.09. The van der Waals surface area contributed by atoms with Gasteiger partial charge in [0.05, 0.1) is 34.7 Å². The Morgan fingerprint density at radius 2 is 1.38 bits per heavy atom. The number of fused-ring (bicyclic) bond motifs is 2. The minimum Gasteiger partial charge on any atom is -0.493 e. The van der Waals surface area contributed by atoms with Crippen molar-refractivity contribution in [2.75, 3.05) is 74.5 Å². The van der Waals surface area contributed by atoms with E-state index in [1.807, 2.05) is 17.0 Å². The monoisotopic (exact) mass is 579 g/mol. The van der Waals surface area contributed by atoms with Crippen molar-refractivity contribution in [3.05, 3.63) is 46.5 Å². The fraction of sp³-hybridized carbons (Fsp3) is 0.536. The van der Waals surface area contributed by atoms with Crippen molar-refractivity contribution in [1.29, 1.82) is 0 Å². The molecular formula is C28H41N3O8S. The van der Waals surface area contributed by atoms with Crippen molar-refractivity contribution in [3.63, 3.8) is 0 Å². The molecule has 222 valence electrons. The Kier molecular flexibility index (Phi) is 10.9. The average molecular weight is 580 g/mol. The van der Waals surface area contributed by atoms with E-state index in [1.54, 1.807) is 28.4 Å². The molecule has 0 radical (unpaired) electrons. The fourth-order valence-electron chi connectivity index (χ4n) is 5.09. The summed E-state index contributed by atoms with van der Waals surface area (Å²) in [5, 5.41) is 3.10. The first kappa shape index (κ1) is 31.3. The Morgan fingerprint density at radius 1 is 0.925 bits per heavy atom. The van der Waals surface area contributed by atoms with Crippen LogP contribution in [0.1, 0.15) is 28.2 Å². The normalized spacial score (nSPS) is 15.9. The van der Waals surface area contributed by atoms with Gasteiger partial charge in [0.25, 0.3) is 10.1 Å². The third kappa shape index (κ3) is 8.39. The molecular weight excluding hydrogens is 538 g/mol. The van der Waals surface area contributed by atoms with Crippen molar-refractivity contribution in [2.45, 2.75) is 25.2 Å². The zero-order valence-corrected chi connectivity index (χ0v) is 25.0. The number of benzene rings is 2. The number of likely N-dealkylation sites (N-methyl/N-ethyl adjacent to an activating group) is 1. The van der Waals surface area contributed by atoms with E-state index in [2.05, 4.69) is 29.4 Å². The standard InChI is InChI=1S/C27H37N3O5.CH4O3S/c1-29(17-21-12-20-15-25(34-4)26(35-5)16-22(20)21)11-8-28-27(31)30-9-6-18-13-23(32-2)24(33-3)14-19(18)7-10-30;1-5(2,3)4/h13-16,21H,6-12,17H2,1-5H3,(H,28,31);1H3,(H,2,3,4)/t21-;/m1./s1. The molecule has 0 fully saturated rings. The predicted molar refractivity (Wildman–Crippen MR) is 153 cm³/mol. The number of nitrogens with zero attached hydrogens (tertiary/aromatic N) is 2. The first-order valence-corrected chi connectivity index (χ1v) is 14.9. The smallest absolute Gasteiger partial charge is 0.317 e. The average Bonchev–Trinajstić information content (AvgIpc) is 3.11. The number of carbonyl (C=O) groups excluding carboxylic acids is 1. The summed E-state index contributed by atoms with van der Waals surface area (Å²) in [4.78, 5) is 17.0. The second-order valence-corrected chi connectivity index (χ2v) is 11.5. The number of hydrogen-bond acceptors (Lipinski definition) is 8. The molecule has 2 amide bonds. The van der Waals surface area contributed by atoms with Gasteiger partial charge in [0.1, 0.15) is 0 Å². The number of carbonyl (C=O) groups is 1. The van der Waals surface area contributed by atoms with Gasteiger partial charge in [-0.3, -0.25) is 4.55 Å². The van der Waals surface area contributed by atoms with Crippen LogP contribution in [0.5, 0.6) is 23.0 Å². The molecule has 0 saturated carbocycles. The maximum atomic E-state index is 12.8. The van der Waals surface area contributed by atoms with Gasteiger partial charge in [0, 0.05) is 38.6 Å². The Morgan fingerprint density at radius 3 is 1.85 bits per heavy atom. The highest BCUT2D eigenvalue weighted by Crippen LogP contribution is 2.42. The lowest BCUT2D eigenvalue weighted by molar-refractivity contribution is 0.198. The predicted octanol–water partition coefficient (Wildman–Crippen LogP) is 2.61. The lowest BCUT2D eigenvalue weighted by Crippen LogP contribution is -2.44. The Balaban J connectivity index is 0.000000810. The molecule has 2 aromatic carbocycles. The third-order valence-corrected chi connectivity index (χ3v) is 7.15. The number of urea groups is 1. The van der Waals surface area contributed by atoms with Gasteiger partial charge < -0.3 is 34.1 Å². The minimum atomic E-state index is -3.67. The molecule has 1 aliphatic carbocycles. The van der Waals surface area contributed by atoms with Crippen molar-refractivity contribution < 1.29 is 36.7 Å². The molecule has 1 aliphatic heterocycles. The molecule has 12 heteroatoms. The molecule has 40 heavy (non-hydrogen) atoms. The molecule has 2 aliphatic rings. The van der Waals surface area contributed by atoms with Gasteiger partial charge in [-0.2, -0.15) is 8.42 Å². The molecule has 2 N–H and O–H groups in total. The first-order chi connectivity index (χ1) is 19.0. The summed E-state index contributed by atoms with van der Waals surface area (Å²) in [5.74, 6) is 3.51. The van der Waals surface area contributed by atoms with Crippen LogP contribution < -0.4 is 24.3 Å². The van der Waals surface area contributed by atoms with E-state index in [9.17, 15) is 13.2 Å². The van der Waals surface area contributed by atoms with Gasteiger partial charge in [-0.1, -0.05) is 0 Å². The largest absolute Gasteiger partial charge is 0.493 e. The zero-order valence-electron chi connectivity index (χ0n) is 24.2. The summed E-state index contributed by atoms with van der Waals surface area (Å²) in [6.45, 7) is 3.74. The van der Waals surface area contributed by atoms with Gasteiger partial charge >= 0.3 is 6.03 Å². The molecule has 0 bridgehead atoms. The topological polar surface area (TPSA) is 127 Å². The van der Waals surface area contributed by atoms with E-state index >= 15 is 0 Å². The minimum absolute atomic E-state index is 0.00374. The van der Waals surface area contributed by atoms with Crippen LogP contribution in [0.25, 0.3) is 0 Å². The van der Waals surface area contributed by atoms with E-state index < -0.39 is 10.1 Å². The molecule has 1 heterocycles. The van der Waals surface area contributed by atoms with Crippen molar-refractivity contribution in [3.8, 4) is 23.0 Å². The van der Waals surface area contributed by atoms with Crippen LogP contribution >= 0.6 is 0 Å². The van der Waals surface area contributed by atoms with E-state index in [0.29, 0.717) is 31.8 Å². The molecule has 2 aromatic rings. The fourth-order valence-corrected chi connectivity index (χ4v) is 5.09. The maximum absolute atomic E-state index is 12.8. The molecule has 0 saturated heterocycles.